The lowest BCUT2D eigenvalue weighted by atomic mass is 10.1. The Bertz CT molecular complexity index is 566. The molecule has 2 aromatic rings. The highest BCUT2D eigenvalue weighted by atomic mass is 14.9. The van der Waals surface area contributed by atoms with Crippen molar-refractivity contribution in [2.75, 3.05) is 0 Å². The predicted octanol–water partition coefficient (Wildman–Crippen LogP) is 2.44. The highest BCUT2D eigenvalue weighted by molar-refractivity contribution is 5.54. The van der Waals surface area contributed by atoms with E-state index in [0.29, 0.717) is 5.82 Å². The summed E-state index contributed by atoms with van der Waals surface area (Å²) in [6, 6.07) is 6.08. The molecule has 19 heavy (non-hydrogen) atoms. The van der Waals surface area contributed by atoms with E-state index in [0.717, 1.165) is 35.5 Å². The molecule has 0 amide bonds. The Labute approximate surface area is 114 Å². The van der Waals surface area contributed by atoms with Gasteiger partial charge < -0.3 is 5.73 Å². The molecule has 0 aliphatic rings. The van der Waals surface area contributed by atoms with Crippen molar-refractivity contribution in [3.8, 4) is 11.5 Å². The van der Waals surface area contributed by atoms with Crippen LogP contribution in [0.4, 0.5) is 0 Å². The van der Waals surface area contributed by atoms with Crippen LogP contribution in [0.3, 0.4) is 0 Å². The second kappa shape index (κ2) is 5.89. The summed E-state index contributed by atoms with van der Waals surface area (Å²) in [5, 5.41) is 0. The lowest BCUT2D eigenvalue weighted by molar-refractivity contribution is 0.635. The molecule has 2 N–H and O–H groups in total. The highest BCUT2D eigenvalue weighted by Crippen LogP contribution is 2.17. The fraction of sp³-hybridized carbons (Fsp3) is 0.400. The van der Waals surface area contributed by atoms with Crippen molar-refractivity contribution in [2.24, 2.45) is 5.73 Å². The van der Waals surface area contributed by atoms with Crippen molar-refractivity contribution >= 4 is 0 Å². The van der Waals surface area contributed by atoms with Gasteiger partial charge in [-0.2, -0.15) is 0 Å². The maximum absolute atomic E-state index is 6.00. The Kier molecular flexibility index (Phi) is 4.22. The summed E-state index contributed by atoms with van der Waals surface area (Å²) in [7, 11) is 0. The molecule has 0 aliphatic carbocycles. The van der Waals surface area contributed by atoms with Crippen LogP contribution in [0.25, 0.3) is 11.5 Å². The fourth-order valence-electron chi connectivity index (χ4n) is 1.98. The monoisotopic (exact) mass is 256 g/mol. The van der Waals surface area contributed by atoms with Gasteiger partial charge in [-0.05, 0) is 38.0 Å². The zero-order chi connectivity index (χ0) is 13.8. The second-order valence-corrected chi connectivity index (χ2v) is 4.87. The molecule has 100 valence electrons. The lowest BCUT2D eigenvalue weighted by Gasteiger charge is -2.10. The van der Waals surface area contributed by atoms with Crippen molar-refractivity contribution < 1.29 is 0 Å². The third-order valence-electron chi connectivity index (χ3n) is 3.12. The summed E-state index contributed by atoms with van der Waals surface area (Å²) in [5.74, 6) is 0.691. The number of pyridine rings is 1. The van der Waals surface area contributed by atoms with Crippen molar-refractivity contribution in [3.05, 3.63) is 41.3 Å². The van der Waals surface area contributed by atoms with Gasteiger partial charge in [-0.25, -0.2) is 9.97 Å². The number of rotatable bonds is 4. The first-order valence-electron chi connectivity index (χ1n) is 6.62. The minimum Gasteiger partial charge on any atom is -0.327 e. The van der Waals surface area contributed by atoms with Crippen molar-refractivity contribution in [2.45, 2.75) is 39.7 Å². The second-order valence-electron chi connectivity index (χ2n) is 4.87. The number of aryl methyl sites for hydroxylation is 2. The van der Waals surface area contributed by atoms with E-state index in [1.165, 1.54) is 0 Å². The van der Waals surface area contributed by atoms with Gasteiger partial charge in [0.15, 0.2) is 5.82 Å². The van der Waals surface area contributed by atoms with Crippen LogP contribution in [0.15, 0.2) is 24.4 Å². The molecule has 4 heteroatoms. The van der Waals surface area contributed by atoms with E-state index in [1.807, 2.05) is 32.0 Å². The maximum Gasteiger partial charge on any atom is 0.178 e. The number of aromatic nitrogens is 3. The molecule has 0 aromatic carbocycles. The average Bonchev–Trinajstić information content (AvgIpc) is 2.38. The van der Waals surface area contributed by atoms with Gasteiger partial charge in [0.2, 0.25) is 0 Å². The first-order valence-corrected chi connectivity index (χ1v) is 6.62. The Morgan fingerprint density at radius 3 is 2.74 bits per heavy atom. The molecule has 2 heterocycles. The van der Waals surface area contributed by atoms with Gasteiger partial charge in [0.05, 0.1) is 0 Å². The molecule has 0 saturated heterocycles. The van der Waals surface area contributed by atoms with E-state index in [4.69, 9.17) is 5.73 Å². The quantitative estimate of drug-likeness (QED) is 0.912. The van der Waals surface area contributed by atoms with E-state index in [9.17, 15) is 0 Å². The lowest BCUT2D eigenvalue weighted by Crippen LogP contribution is -2.22. The smallest absolute Gasteiger partial charge is 0.178 e. The van der Waals surface area contributed by atoms with Gasteiger partial charge in [0, 0.05) is 30.0 Å². The largest absolute Gasteiger partial charge is 0.327 e. The normalized spacial score (nSPS) is 12.4. The number of nitrogens with two attached hydrogens (primary N) is 1. The van der Waals surface area contributed by atoms with Gasteiger partial charge in [0.25, 0.3) is 0 Å². The van der Waals surface area contributed by atoms with E-state index in [1.54, 1.807) is 6.20 Å². The van der Waals surface area contributed by atoms with Crippen LogP contribution < -0.4 is 5.73 Å². The van der Waals surface area contributed by atoms with Gasteiger partial charge >= 0.3 is 0 Å². The number of nitrogens with zero attached hydrogens (tertiary/aromatic N) is 3. The molecular weight excluding hydrogens is 236 g/mol. The summed E-state index contributed by atoms with van der Waals surface area (Å²) >= 11 is 0. The van der Waals surface area contributed by atoms with Gasteiger partial charge in [0.1, 0.15) is 5.69 Å². The first-order chi connectivity index (χ1) is 9.10. The molecule has 1 atom stereocenters. The Morgan fingerprint density at radius 2 is 2.05 bits per heavy atom. The molecule has 0 bridgehead atoms. The molecule has 0 saturated carbocycles. The average molecular weight is 256 g/mol. The summed E-state index contributed by atoms with van der Waals surface area (Å²) in [6.45, 7) is 6.08. The molecule has 2 rings (SSSR count). The topological polar surface area (TPSA) is 64.7 Å². The highest BCUT2D eigenvalue weighted by Gasteiger charge is 2.10. The predicted molar refractivity (Wildman–Crippen MR) is 76.7 cm³/mol. The SMILES string of the molecule is CCC(N)Cc1cc(C)nc(-c2ncccc2C)n1. The van der Waals surface area contributed by atoms with E-state index >= 15 is 0 Å². The Balaban J connectivity index is 2.39. The third-order valence-corrected chi connectivity index (χ3v) is 3.12. The summed E-state index contributed by atoms with van der Waals surface area (Å²) < 4.78 is 0. The van der Waals surface area contributed by atoms with Crippen LogP contribution in [0.1, 0.15) is 30.3 Å². The van der Waals surface area contributed by atoms with Crippen LogP contribution in [0.5, 0.6) is 0 Å². The minimum atomic E-state index is 0.145. The zero-order valence-electron chi connectivity index (χ0n) is 11.7. The van der Waals surface area contributed by atoms with Gasteiger partial charge in [-0.3, -0.25) is 4.98 Å². The van der Waals surface area contributed by atoms with Gasteiger partial charge in [-0.15, -0.1) is 0 Å². The zero-order valence-corrected chi connectivity index (χ0v) is 11.7. The van der Waals surface area contributed by atoms with Crippen LogP contribution in [0, 0.1) is 13.8 Å². The van der Waals surface area contributed by atoms with E-state index in [2.05, 4.69) is 21.9 Å². The summed E-state index contributed by atoms with van der Waals surface area (Å²) in [4.78, 5) is 13.5. The van der Waals surface area contributed by atoms with Crippen molar-refractivity contribution in [1.29, 1.82) is 0 Å². The molecular formula is C15H20N4. The molecule has 0 fully saturated rings. The first kappa shape index (κ1) is 13.6. The van der Waals surface area contributed by atoms with Crippen LogP contribution in [-0.4, -0.2) is 21.0 Å². The van der Waals surface area contributed by atoms with Gasteiger partial charge in [-0.1, -0.05) is 13.0 Å². The molecule has 1 unspecified atom stereocenters. The third kappa shape index (κ3) is 3.35. The number of hydrogen-bond donors (Lipinski definition) is 1. The van der Waals surface area contributed by atoms with E-state index < -0.39 is 0 Å². The standard InChI is InChI=1S/C15H20N4/c1-4-12(16)9-13-8-11(3)18-15(19-13)14-10(2)6-5-7-17-14/h5-8,12H,4,9,16H2,1-3H3. The molecule has 0 spiro atoms. The van der Waals surface area contributed by atoms with Crippen LogP contribution >= 0.6 is 0 Å². The van der Waals surface area contributed by atoms with Crippen LogP contribution in [0.2, 0.25) is 0 Å². The maximum atomic E-state index is 6.00. The van der Waals surface area contributed by atoms with E-state index in [-0.39, 0.29) is 6.04 Å². The molecule has 4 nitrogen and oxygen atoms in total. The summed E-state index contributed by atoms with van der Waals surface area (Å²) in [6.07, 6.45) is 3.49. The van der Waals surface area contributed by atoms with Crippen molar-refractivity contribution in [1.82, 2.24) is 15.0 Å². The Morgan fingerprint density at radius 1 is 1.26 bits per heavy atom. The fourth-order valence-corrected chi connectivity index (χ4v) is 1.98. The molecule has 2 aromatic heterocycles. The summed E-state index contributed by atoms with van der Waals surface area (Å²) in [5.41, 5.74) is 9.86. The molecule has 0 aliphatic heterocycles. The Hall–Kier alpha value is -1.81. The number of hydrogen-bond acceptors (Lipinski definition) is 4. The molecule has 0 radical (unpaired) electrons. The minimum absolute atomic E-state index is 0.145. The van der Waals surface area contributed by atoms with Crippen molar-refractivity contribution in [3.63, 3.8) is 0 Å². The van der Waals surface area contributed by atoms with Crippen LogP contribution in [-0.2, 0) is 6.42 Å².